The quantitative estimate of drug-likeness (QED) is 0.674. The molecule has 32 heavy (non-hydrogen) atoms. The average Bonchev–Trinajstić information content (AvgIpc) is 2.69. The Bertz CT molecular complexity index is 1130. The number of halogens is 3. The van der Waals surface area contributed by atoms with E-state index in [0.717, 1.165) is 0 Å². The van der Waals surface area contributed by atoms with E-state index in [4.69, 9.17) is 4.74 Å². The van der Waals surface area contributed by atoms with E-state index in [2.05, 4.69) is 15.5 Å². The first-order chi connectivity index (χ1) is 14.9. The number of carbonyl (C=O) groups excluding carboxylic acids is 1. The summed E-state index contributed by atoms with van der Waals surface area (Å²) in [5.74, 6) is -0.0798. The normalized spacial score (nSPS) is 24.0. The zero-order valence-corrected chi connectivity index (χ0v) is 18.2. The molecule has 0 aromatic heterocycles. The van der Waals surface area contributed by atoms with Crippen LogP contribution in [0.15, 0.2) is 40.6 Å². The molecule has 1 amide bonds. The van der Waals surface area contributed by atoms with Gasteiger partial charge in [0.2, 0.25) is 0 Å². The number of nitrogens with zero attached hydrogens (tertiary/aromatic N) is 2. The highest BCUT2D eigenvalue weighted by molar-refractivity contribution is 5.98. The molecule has 1 aliphatic carbocycles. The van der Waals surface area contributed by atoms with Crippen LogP contribution in [0.2, 0.25) is 0 Å². The Labute approximate surface area is 183 Å². The molecule has 0 spiro atoms. The molecule has 9 heteroatoms. The molecule has 1 heterocycles. The fourth-order valence-corrected chi connectivity index (χ4v) is 4.95. The zero-order valence-electron chi connectivity index (χ0n) is 18.2. The largest absolute Gasteiger partial charge is 0.496 e. The molecule has 170 valence electrons. The van der Waals surface area contributed by atoms with Crippen LogP contribution in [0.3, 0.4) is 0 Å². The molecule has 0 radical (unpaired) electrons. The van der Waals surface area contributed by atoms with E-state index in [0.29, 0.717) is 33.7 Å². The van der Waals surface area contributed by atoms with Gasteiger partial charge in [0.05, 0.1) is 25.3 Å². The van der Waals surface area contributed by atoms with Crippen molar-refractivity contribution < 1.29 is 27.8 Å². The number of benzene rings is 2. The van der Waals surface area contributed by atoms with Gasteiger partial charge in [-0.15, -0.1) is 5.11 Å². The molecule has 2 N–H and O–H groups in total. The molecule has 2 aromatic carbocycles. The summed E-state index contributed by atoms with van der Waals surface area (Å²) in [6.45, 7) is 5.15. The van der Waals surface area contributed by atoms with E-state index in [1.807, 2.05) is 0 Å². The van der Waals surface area contributed by atoms with E-state index in [1.54, 1.807) is 51.1 Å². The molecule has 2 aliphatic rings. The number of fused-ring (bicyclic) bond motifs is 2. The summed E-state index contributed by atoms with van der Waals surface area (Å²) in [6, 6.07) is 6.60. The number of nitrogens with one attached hydrogen (secondary N) is 1. The first-order valence-electron chi connectivity index (χ1n) is 10.2. The minimum absolute atomic E-state index is 0.0525. The lowest BCUT2D eigenvalue weighted by Crippen LogP contribution is -2.58. The lowest BCUT2D eigenvalue weighted by atomic mass is 9.63. The molecule has 0 bridgehead atoms. The van der Waals surface area contributed by atoms with Crippen LogP contribution in [0.25, 0.3) is 0 Å². The van der Waals surface area contributed by atoms with E-state index in [9.17, 15) is 23.1 Å². The van der Waals surface area contributed by atoms with Crippen molar-refractivity contribution in [3.63, 3.8) is 0 Å². The Morgan fingerprint density at radius 2 is 1.97 bits per heavy atom. The van der Waals surface area contributed by atoms with Gasteiger partial charge in [-0.25, -0.2) is 0 Å². The molecule has 2 unspecified atom stereocenters. The third-order valence-electron chi connectivity index (χ3n) is 6.26. The highest BCUT2D eigenvalue weighted by atomic mass is 19.4. The van der Waals surface area contributed by atoms with Crippen LogP contribution in [0, 0.1) is 6.92 Å². The summed E-state index contributed by atoms with van der Waals surface area (Å²) >= 11 is 0. The predicted octanol–water partition coefficient (Wildman–Crippen LogP) is 5.24. The van der Waals surface area contributed by atoms with Gasteiger partial charge in [0.25, 0.3) is 5.91 Å². The fourth-order valence-electron chi connectivity index (χ4n) is 4.95. The number of anilines is 1. The number of hydrogen-bond acceptors (Lipinski definition) is 5. The Balaban J connectivity index is 1.95. The van der Waals surface area contributed by atoms with Gasteiger partial charge >= 0.3 is 6.18 Å². The number of aryl methyl sites for hydroxylation is 1. The van der Waals surface area contributed by atoms with Crippen molar-refractivity contribution in [2.45, 2.75) is 57.0 Å². The van der Waals surface area contributed by atoms with Crippen molar-refractivity contribution in [3.8, 4) is 5.75 Å². The highest BCUT2D eigenvalue weighted by Crippen LogP contribution is 2.56. The number of methoxy groups -OCH3 is 1. The second kappa shape index (κ2) is 7.30. The summed E-state index contributed by atoms with van der Waals surface area (Å²) < 4.78 is 48.7. The Morgan fingerprint density at radius 1 is 1.25 bits per heavy atom. The van der Waals surface area contributed by atoms with Gasteiger partial charge in [-0.3, -0.25) is 4.79 Å². The lowest BCUT2D eigenvalue weighted by Gasteiger charge is -2.49. The van der Waals surface area contributed by atoms with Gasteiger partial charge in [0, 0.05) is 16.8 Å². The van der Waals surface area contributed by atoms with Gasteiger partial charge in [-0.1, -0.05) is 26.0 Å². The molecule has 0 saturated carbocycles. The van der Waals surface area contributed by atoms with E-state index in [1.165, 1.54) is 7.11 Å². The number of aliphatic hydroxyl groups is 1. The topological polar surface area (TPSA) is 83.3 Å². The number of amides is 1. The monoisotopic (exact) mass is 447 g/mol. The molecule has 6 nitrogen and oxygen atoms in total. The van der Waals surface area contributed by atoms with Crippen LogP contribution in [-0.2, 0) is 12.0 Å². The molecule has 2 aromatic rings. The van der Waals surface area contributed by atoms with Crippen LogP contribution in [-0.4, -0.2) is 29.9 Å². The number of rotatable bonds is 3. The van der Waals surface area contributed by atoms with Crippen LogP contribution < -0.4 is 10.1 Å². The molecule has 4 rings (SSSR count). The van der Waals surface area contributed by atoms with E-state index in [-0.39, 0.29) is 12.1 Å². The van der Waals surface area contributed by atoms with Gasteiger partial charge in [0.15, 0.2) is 5.60 Å². The molecule has 1 aliphatic heterocycles. The maximum absolute atomic E-state index is 14.4. The maximum atomic E-state index is 14.4. The minimum atomic E-state index is -4.92. The predicted molar refractivity (Wildman–Crippen MR) is 112 cm³/mol. The summed E-state index contributed by atoms with van der Waals surface area (Å²) in [7, 11) is 1.47. The van der Waals surface area contributed by atoms with Crippen molar-refractivity contribution in [1.82, 2.24) is 0 Å². The molecular formula is C23H24F3N3O3. The Kier molecular flexibility index (Phi) is 5.08. The van der Waals surface area contributed by atoms with Crippen molar-refractivity contribution in [3.05, 3.63) is 58.1 Å². The minimum Gasteiger partial charge on any atom is -0.496 e. The molecule has 0 saturated heterocycles. The second-order valence-corrected chi connectivity index (χ2v) is 9.03. The standard InChI is InChI=1S/C23H24F3N3O3/c1-12-8-14-18(17(9-12)32-4)21(2,3)11-22(31,23(24,25)26)19(14)28-16-7-5-6-13-15(16)10-27-29-20(13)30/h5-9,19,28,31H,10-11H2,1-4H3. The summed E-state index contributed by atoms with van der Waals surface area (Å²) in [4.78, 5) is 12.1. The van der Waals surface area contributed by atoms with Crippen LogP contribution in [0.1, 0.15) is 58.9 Å². The van der Waals surface area contributed by atoms with Crippen molar-refractivity contribution in [2.75, 3.05) is 12.4 Å². The molecule has 0 fully saturated rings. The van der Waals surface area contributed by atoms with Gasteiger partial charge in [0.1, 0.15) is 5.75 Å². The summed E-state index contributed by atoms with van der Waals surface area (Å²) in [6.07, 6.45) is -5.48. The first-order valence-corrected chi connectivity index (χ1v) is 10.2. The number of hydrogen-bond donors (Lipinski definition) is 2. The van der Waals surface area contributed by atoms with Crippen LogP contribution in [0.4, 0.5) is 18.9 Å². The van der Waals surface area contributed by atoms with E-state index < -0.39 is 35.6 Å². The van der Waals surface area contributed by atoms with Crippen LogP contribution in [0.5, 0.6) is 5.75 Å². The first kappa shape index (κ1) is 22.3. The lowest BCUT2D eigenvalue weighted by molar-refractivity contribution is -0.276. The summed E-state index contributed by atoms with van der Waals surface area (Å²) in [5, 5.41) is 21.4. The van der Waals surface area contributed by atoms with Gasteiger partial charge < -0.3 is 15.2 Å². The zero-order chi connectivity index (χ0) is 23.5. The number of azo groups is 1. The molecule has 2 atom stereocenters. The van der Waals surface area contributed by atoms with E-state index >= 15 is 0 Å². The number of carbonyl (C=O) groups is 1. The summed E-state index contributed by atoms with van der Waals surface area (Å²) in [5.41, 5.74) is -1.44. The third kappa shape index (κ3) is 3.35. The molecular weight excluding hydrogens is 423 g/mol. The van der Waals surface area contributed by atoms with Crippen molar-refractivity contribution in [1.29, 1.82) is 0 Å². The SMILES string of the molecule is COc1cc(C)cc2c1C(C)(C)CC(O)(C(F)(F)F)C2Nc1cccc2c1CN=NC2=O. The third-order valence-corrected chi connectivity index (χ3v) is 6.26. The Hall–Kier alpha value is -2.94. The van der Waals surface area contributed by atoms with Crippen molar-refractivity contribution >= 4 is 11.6 Å². The van der Waals surface area contributed by atoms with Gasteiger partial charge in [-0.05, 0) is 48.1 Å². The smallest absolute Gasteiger partial charge is 0.419 e. The second-order valence-electron chi connectivity index (χ2n) is 9.03. The Morgan fingerprint density at radius 3 is 2.62 bits per heavy atom. The fraction of sp³-hybridized carbons (Fsp3) is 0.435. The maximum Gasteiger partial charge on any atom is 0.419 e. The number of alkyl halides is 3. The van der Waals surface area contributed by atoms with Gasteiger partial charge in [-0.2, -0.15) is 18.3 Å². The highest BCUT2D eigenvalue weighted by Gasteiger charge is 2.64. The number of ether oxygens (including phenoxy) is 1. The van der Waals surface area contributed by atoms with Crippen LogP contribution >= 0.6 is 0 Å². The van der Waals surface area contributed by atoms with Crippen molar-refractivity contribution in [2.24, 2.45) is 10.2 Å². The average molecular weight is 447 g/mol.